The van der Waals surface area contributed by atoms with Crippen molar-refractivity contribution in [1.29, 1.82) is 5.26 Å². The first-order chi connectivity index (χ1) is 19.8. The van der Waals surface area contributed by atoms with Gasteiger partial charge in [-0.3, -0.25) is 9.00 Å². The van der Waals surface area contributed by atoms with Crippen LogP contribution in [0.3, 0.4) is 0 Å². The molecule has 3 aromatic rings. The summed E-state index contributed by atoms with van der Waals surface area (Å²) in [7, 11) is -0.719. The molecule has 1 N–H and O–H groups in total. The van der Waals surface area contributed by atoms with Crippen molar-refractivity contribution in [2.24, 2.45) is 5.92 Å². The molecular weight excluding hydrogens is 551 g/mol. The van der Waals surface area contributed by atoms with E-state index in [9.17, 15) is 22.2 Å². The summed E-state index contributed by atoms with van der Waals surface area (Å²) in [5.74, 6) is -2.36. The van der Waals surface area contributed by atoms with Crippen molar-refractivity contribution in [3.8, 4) is 22.9 Å². The van der Waals surface area contributed by atoms with Crippen molar-refractivity contribution in [1.82, 2.24) is 15.1 Å². The highest BCUT2D eigenvalue weighted by atomic mass is 32.2. The molecule has 2 saturated carbocycles. The van der Waals surface area contributed by atoms with Crippen LogP contribution in [0.2, 0.25) is 0 Å². The number of nitrogens with one attached hydrogen (secondary N) is 1. The minimum Gasteiger partial charge on any atom is -0.370 e. The molecule has 7 nitrogen and oxygen atoms in total. The molecule has 1 aromatic heterocycles. The molecule has 2 aromatic carbocycles. The van der Waals surface area contributed by atoms with Crippen LogP contribution in [0.5, 0.6) is 0 Å². The number of carbonyl (C=O) groups excluding carboxylic acids is 1. The molecule has 0 spiro atoms. The quantitative estimate of drug-likeness (QED) is 0.414. The Morgan fingerprint density at radius 1 is 0.976 bits per heavy atom. The second-order valence-corrected chi connectivity index (χ2v) is 12.5. The molecule has 3 aliphatic rings. The molecule has 3 fully saturated rings. The summed E-state index contributed by atoms with van der Waals surface area (Å²) in [5.41, 5.74) is 2.36. The third kappa shape index (κ3) is 6.99. The molecule has 6 rings (SSSR count). The predicted octanol–water partition coefficient (Wildman–Crippen LogP) is 5.26. The van der Waals surface area contributed by atoms with Crippen LogP contribution in [0.4, 0.5) is 18.9 Å². The maximum absolute atomic E-state index is 13.4. The average Bonchev–Trinajstić information content (AvgIpc) is 3.59. The maximum atomic E-state index is 13.4. The van der Waals surface area contributed by atoms with Gasteiger partial charge in [0.15, 0.2) is 17.5 Å². The van der Waals surface area contributed by atoms with Crippen LogP contribution < -0.4 is 10.2 Å². The summed E-state index contributed by atoms with van der Waals surface area (Å²) in [6.07, 6.45) is 10.5. The number of anilines is 1. The molecule has 0 unspecified atom stereocenters. The molecule has 0 radical (unpaired) electrons. The Kier molecular flexibility index (Phi) is 8.78. The van der Waals surface area contributed by atoms with Crippen LogP contribution in [-0.2, 0) is 15.6 Å². The minimum atomic E-state index is -1.50. The van der Waals surface area contributed by atoms with Crippen molar-refractivity contribution in [3.63, 3.8) is 0 Å². The number of nitriles is 1. The largest absolute Gasteiger partial charge is 0.370 e. The Morgan fingerprint density at radius 3 is 2.20 bits per heavy atom. The van der Waals surface area contributed by atoms with Gasteiger partial charge in [0.1, 0.15) is 5.54 Å². The zero-order chi connectivity index (χ0) is 29.0. The summed E-state index contributed by atoms with van der Waals surface area (Å²) in [6, 6.07) is 11.8. The lowest BCUT2D eigenvalue weighted by Gasteiger charge is -2.28. The Balaban J connectivity index is 0.000000202. The lowest BCUT2D eigenvalue weighted by molar-refractivity contribution is -0.126. The standard InChI is InChI=1S/C19H16F3N3OS.C11H16N2O/c20-17-9-16(10-18(21)19(17)22)25-12-14(11-23-25)13-1-3-15(4-2-13)24-5-7-27(26)8-6-24;12-8-11(6-7-11)13-10(14)9-4-2-1-3-5-9/h1-4,9-12H,5-8H2;9H,1-7H2,(H,13,14). The smallest absolute Gasteiger partial charge is 0.224 e. The number of hydrogen-bond acceptors (Lipinski definition) is 5. The summed E-state index contributed by atoms with van der Waals surface area (Å²) in [6.45, 7) is 1.54. The van der Waals surface area contributed by atoms with E-state index in [1.165, 1.54) is 11.1 Å². The van der Waals surface area contributed by atoms with Gasteiger partial charge >= 0.3 is 0 Å². The van der Waals surface area contributed by atoms with Gasteiger partial charge in [0, 0.05) is 70.9 Å². The van der Waals surface area contributed by atoms with Gasteiger partial charge in [0.25, 0.3) is 0 Å². The van der Waals surface area contributed by atoms with Crippen molar-refractivity contribution in [2.45, 2.75) is 50.5 Å². The zero-order valence-corrected chi connectivity index (χ0v) is 23.4. The van der Waals surface area contributed by atoms with Gasteiger partial charge in [-0.15, -0.1) is 0 Å². The van der Waals surface area contributed by atoms with Gasteiger partial charge in [-0.25, -0.2) is 17.9 Å². The topological polar surface area (TPSA) is 91.0 Å². The van der Waals surface area contributed by atoms with Crippen LogP contribution in [-0.4, -0.2) is 50.0 Å². The van der Waals surface area contributed by atoms with E-state index in [1.54, 1.807) is 12.4 Å². The van der Waals surface area contributed by atoms with E-state index >= 15 is 0 Å². The molecule has 2 aliphatic carbocycles. The van der Waals surface area contributed by atoms with Gasteiger partial charge < -0.3 is 10.2 Å². The Bertz CT molecular complexity index is 1430. The van der Waals surface area contributed by atoms with Gasteiger partial charge in [-0.05, 0) is 43.4 Å². The Hall–Kier alpha value is -3.65. The van der Waals surface area contributed by atoms with Gasteiger partial charge in [0.2, 0.25) is 5.91 Å². The maximum Gasteiger partial charge on any atom is 0.224 e. The van der Waals surface area contributed by atoms with Crippen LogP contribution in [0, 0.1) is 34.7 Å². The number of nitrogens with zero attached hydrogens (tertiary/aromatic N) is 4. The molecule has 2 heterocycles. The first-order valence-electron chi connectivity index (χ1n) is 13.9. The fourth-order valence-corrected chi connectivity index (χ4v) is 6.19. The molecule has 11 heteroatoms. The van der Waals surface area contributed by atoms with Crippen molar-refractivity contribution in [3.05, 3.63) is 66.2 Å². The third-order valence-electron chi connectivity index (χ3n) is 7.86. The number of hydrogen-bond donors (Lipinski definition) is 1. The SMILES string of the molecule is N#CC1(NC(=O)C2CCCCC2)CC1.O=S1CCN(c2ccc(-c3cnn(-c4cc(F)c(F)c(F)c4)c3)cc2)CC1. The van der Waals surface area contributed by atoms with Gasteiger partial charge in [0.05, 0.1) is 18.0 Å². The molecule has 1 saturated heterocycles. The average molecular weight is 584 g/mol. The summed E-state index contributed by atoms with van der Waals surface area (Å²) >= 11 is 0. The van der Waals surface area contributed by atoms with Crippen molar-refractivity contribution >= 4 is 22.4 Å². The van der Waals surface area contributed by atoms with Crippen LogP contribution >= 0.6 is 0 Å². The second-order valence-electron chi connectivity index (χ2n) is 10.8. The normalized spacial score (nSPS) is 18.6. The highest BCUT2D eigenvalue weighted by Crippen LogP contribution is 2.35. The van der Waals surface area contributed by atoms with E-state index in [0.29, 0.717) is 11.5 Å². The van der Waals surface area contributed by atoms with E-state index in [1.807, 2.05) is 24.3 Å². The van der Waals surface area contributed by atoms with E-state index < -0.39 is 33.8 Å². The summed E-state index contributed by atoms with van der Waals surface area (Å²) < 4.78 is 52.7. The molecule has 1 amide bonds. The van der Waals surface area contributed by atoms with Crippen molar-refractivity contribution in [2.75, 3.05) is 29.5 Å². The lowest BCUT2D eigenvalue weighted by Crippen LogP contribution is -2.40. The zero-order valence-electron chi connectivity index (χ0n) is 22.6. The fourth-order valence-electron chi connectivity index (χ4n) is 5.14. The molecular formula is C30H32F3N5O2S. The van der Waals surface area contributed by atoms with E-state index in [2.05, 4.69) is 21.4 Å². The van der Waals surface area contributed by atoms with E-state index in [0.717, 1.165) is 80.6 Å². The Morgan fingerprint density at radius 2 is 1.61 bits per heavy atom. The lowest BCUT2D eigenvalue weighted by atomic mass is 9.88. The van der Waals surface area contributed by atoms with Gasteiger partial charge in [-0.1, -0.05) is 31.4 Å². The third-order valence-corrected chi connectivity index (χ3v) is 9.14. The number of amides is 1. The number of benzene rings is 2. The monoisotopic (exact) mass is 583 g/mol. The van der Waals surface area contributed by atoms with Crippen molar-refractivity contribution < 1.29 is 22.2 Å². The molecule has 0 atom stereocenters. The number of rotatable bonds is 5. The second kappa shape index (κ2) is 12.5. The summed E-state index contributed by atoms with van der Waals surface area (Å²) in [4.78, 5) is 13.9. The predicted molar refractivity (Wildman–Crippen MR) is 151 cm³/mol. The highest BCUT2D eigenvalue weighted by Gasteiger charge is 2.45. The van der Waals surface area contributed by atoms with Gasteiger partial charge in [-0.2, -0.15) is 10.4 Å². The first-order valence-corrected chi connectivity index (χ1v) is 15.4. The molecule has 0 bridgehead atoms. The van der Waals surface area contributed by atoms with E-state index in [-0.39, 0.29) is 17.5 Å². The molecule has 1 aliphatic heterocycles. The van der Waals surface area contributed by atoms with E-state index in [4.69, 9.17) is 5.26 Å². The van der Waals surface area contributed by atoms with Crippen LogP contribution in [0.1, 0.15) is 44.9 Å². The molecule has 41 heavy (non-hydrogen) atoms. The minimum absolute atomic E-state index is 0.107. The van der Waals surface area contributed by atoms with Crippen LogP contribution in [0.25, 0.3) is 16.8 Å². The Labute approximate surface area is 239 Å². The summed E-state index contributed by atoms with van der Waals surface area (Å²) in [5, 5.41) is 15.8. The number of carbonyl (C=O) groups is 1. The molecule has 216 valence electrons. The fraction of sp³-hybridized carbons (Fsp3) is 0.433. The number of halogens is 3. The highest BCUT2D eigenvalue weighted by molar-refractivity contribution is 7.85. The number of aromatic nitrogens is 2. The first kappa shape index (κ1) is 28.9. The van der Waals surface area contributed by atoms with Crippen LogP contribution in [0.15, 0.2) is 48.8 Å².